The lowest BCUT2D eigenvalue weighted by atomic mass is 9.98. The number of aromatic nitrogens is 1. The maximum atomic E-state index is 5.98. The number of nitrogens with one attached hydrogen (secondary N) is 1. The van der Waals surface area contributed by atoms with Gasteiger partial charge in [-0.15, -0.1) is 11.3 Å². The van der Waals surface area contributed by atoms with E-state index in [0.717, 1.165) is 49.8 Å². The minimum Gasteiger partial charge on any atom is -0.383 e. The van der Waals surface area contributed by atoms with E-state index in [4.69, 9.17) is 14.5 Å². The fraction of sp³-hybridized carbons (Fsp3) is 0.786. The number of methoxy groups -OCH3 is 1. The third-order valence-electron chi connectivity index (χ3n) is 3.29. The molecule has 1 heterocycles. The summed E-state index contributed by atoms with van der Waals surface area (Å²) in [6, 6.07) is 0. The highest BCUT2D eigenvalue weighted by Crippen LogP contribution is 2.35. The molecule has 0 fully saturated rings. The molecule has 0 radical (unpaired) electrons. The highest BCUT2D eigenvalue weighted by Gasteiger charge is 2.32. The number of thiazole rings is 1. The zero-order valence-electron chi connectivity index (χ0n) is 12.5. The first-order chi connectivity index (χ1) is 9.22. The second-order valence-electron chi connectivity index (χ2n) is 4.45. The van der Waals surface area contributed by atoms with E-state index in [1.807, 2.05) is 6.92 Å². The Bertz CT molecular complexity index is 351. The van der Waals surface area contributed by atoms with Gasteiger partial charge in [0.25, 0.3) is 0 Å². The van der Waals surface area contributed by atoms with Crippen LogP contribution in [0.4, 0.5) is 0 Å². The molecule has 0 unspecified atom stereocenters. The molecule has 1 rings (SSSR count). The van der Waals surface area contributed by atoms with E-state index in [0.29, 0.717) is 0 Å². The van der Waals surface area contributed by atoms with Crippen molar-refractivity contribution in [3.63, 3.8) is 0 Å². The lowest BCUT2D eigenvalue weighted by Gasteiger charge is -2.29. The highest BCUT2D eigenvalue weighted by atomic mass is 32.1. The third kappa shape index (κ3) is 4.53. The molecule has 4 nitrogen and oxygen atoms in total. The molecule has 0 aromatic carbocycles. The Kier molecular flexibility index (Phi) is 7.53. The minimum absolute atomic E-state index is 0.204. The van der Waals surface area contributed by atoms with E-state index in [9.17, 15) is 0 Å². The molecule has 110 valence electrons. The standard InChI is InChI=1S/C14H26N2O2S/c1-5-14(6-2,18-7-3)13-16-12(11-19-13)10-15-8-9-17-4/h11,15H,5-10H2,1-4H3. The van der Waals surface area contributed by atoms with Crippen molar-refractivity contribution in [3.05, 3.63) is 16.1 Å². The van der Waals surface area contributed by atoms with Gasteiger partial charge in [0, 0.05) is 32.2 Å². The molecule has 0 saturated heterocycles. The van der Waals surface area contributed by atoms with Crippen molar-refractivity contribution in [1.29, 1.82) is 0 Å². The predicted molar refractivity (Wildman–Crippen MR) is 79.6 cm³/mol. The Labute approximate surface area is 120 Å². The van der Waals surface area contributed by atoms with Crippen molar-refractivity contribution >= 4 is 11.3 Å². The van der Waals surface area contributed by atoms with Crippen LogP contribution in [0, 0.1) is 0 Å². The van der Waals surface area contributed by atoms with Crippen LogP contribution in [0.1, 0.15) is 44.3 Å². The van der Waals surface area contributed by atoms with Gasteiger partial charge in [-0.1, -0.05) is 13.8 Å². The first-order valence-electron chi connectivity index (χ1n) is 7.00. The Morgan fingerprint density at radius 2 is 2.05 bits per heavy atom. The molecule has 0 aliphatic carbocycles. The first kappa shape index (κ1) is 16.6. The molecule has 1 N–H and O–H groups in total. The van der Waals surface area contributed by atoms with Crippen LogP contribution in [0.3, 0.4) is 0 Å². The summed E-state index contributed by atoms with van der Waals surface area (Å²) in [5.74, 6) is 0. The summed E-state index contributed by atoms with van der Waals surface area (Å²) >= 11 is 1.70. The second-order valence-corrected chi connectivity index (χ2v) is 5.31. The number of hydrogen-bond acceptors (Lipinski definition) is 5. The van der Waals surface area contributed by atoms with Gasteiger partial charge in [-0.2, -0.15) is 0 Å². The van der Waals surface area contributed by atoms with Crippen LogP contribution in [-0.2, 0) is 21.6 Å². The average molecular weight is 286 g/mol. The lowest BCUT2D eigenvalue weighted by molar-refractivity contribution is -0.0507. The van der Waals surface area contributed by atoms with E-state index in [2.05, 4.69) is 24.5 Å². The van der Waals surface area contributed by atoms with Crippen LogP contribution in [0.5, 0.6) is 0 Å². The molecule has 19 heavy (non-hydrogen) atoms. The van der Waals surface area contributed by atoms with Crippen molar-refractivity contribution < 1.29 is 9.47 Å². The fourth-order valence-electron chi connectivity index (χ4n) is 2.08. The normalized spacial score (nSPS) is 12.0. The third-order valence-corrected chi connectivity index (χ3v) is 4.37. The Hall–Kier alpha value is -0.490. The van der Waals surface area contributed by atoms with Crippen LogP contribution >= 0.6 is 11.3 Å². The molecule has 0 saturated carbocycles. The Morgan fingerprint density at radius 3 is 2.63 bits per heavy atom. The van der Waals surface area contributed by atoms with Crippen molar-refractivity contribution in [2.24, 2.45) is 0 Å². The average Bonchev–Trinajstić information content (AvgIpc) is 2.90. The van der Waals surface area contributed by atoms with Gasteiger partial charge < -0.3 is 14.8 Å². The summed E-state index contributed by atoms with van der Waals surface area (Å²) in [5.41, 5.74) is 0.881. The number of nitrogens with zero attached hydrogens (tertiary/aromatic N) is 1. The maximum absolute atomic E-state index is 5.98. The van der Waals surface area contributed by atoms with E-state index in [1.165, 1.54) is 0 Å². The summed E-state index contributed by atoms with van der Waals surface area (Å²) in [5, 5.41) is 6.53. The minimum atomic E-state index is -0.204. The second kappa shape index (κ2) is 8.64. The van der Waals surface area contributed by atoms with Gasteiger partial charge in [-0.3, -0.25) is 0 Å². The monoisotopic (exact) mass is 286 g/mol. The molecule has 0 atom stereocenters. The van der Waals surface area contributed by atoms with Crippen LogP contribution in [0.25, 0.3) is 0 Å². The number of hydrogen-bond donors (Lipinski definition) is 1. The van der Waals surface area contributed by atoms with Gasteiger partial charge in [0.05, 0.1) is 12.3 Å². The van der Waals surface area contributed by atoms with E-state index < -0.39 is 0 Å². The van der Waals surface area contributed by atoms with Gasteiger partial charge >= 0.3 is 0 Å². The van der Waals surface area contributed by atoms with Crippen LogP contribution < -0.4 is 5.32 Å². The smallest absolute Gasteiger partial charge is 0.125 e. The van der Waals surface area contributed by atoms with E-state index >= 15 is 0 Å². The van der Waals surface area contributed by atoms with Crippen LogP contribution in [0.2, 0.25) is 0 Å². The van der Waals surface area contributed by atoms with Crippen molar-refractivity contribution in [2.75, 3.05) is 26.9 Å². The number of ether oxygens (including phenoxy) is 2. The summed E-state index contributed by atoms with van der Waals surface area (Å²) in [6.45, 7) is 9.46. The largest absolute Gasteiger partial charge is 0.383 e. The molecule has 1 aromatic heterocycles. The van der Waals surface area contributed by atoms with E-state index in [-0.39, 0.29) is 5.60 Å². The van der Waals surface area contributed by atoms with Gasteiger partial charge in [-0.25, -0.2) is 4.98 Å². The molecular weight excluding hydrogens is 260 g/mol. The molecule has 0 aliphatic heterocycles. The molecule has 0 aliphatic rings. The van der Waals surface area contributed by atoms with Gasteiger partial charge in [0.15, 0.2) is 0 Å². The van der Waals surface area contributed by atoms with Crippen molar-refractivity contribution in [3.8, 4) is 0 Å². The van der Waals surface area contributed by atoms with Crippen LogP contribution in [-0.4, -0.2) is 31.9 Å². The molecule has 0 spiro atoms. The molecule has 1 aromatic rings. The van der Waals surface area contributed by atoms with Crippen LogP contribution in [0.15, 0.2) is 5.38 Å². The lowest BCUT2D eigenvalue weighted by Crippen LogP contribution is -2.28. The van der Waals surface area contributed by atoms with Crippen molar-refractivity contribution in [1.82, 2.24) is 10.3 Å². The van der Waals surface area contributed by atoms with Crippen molar-refractivity contribution in [2.45, 2.75) is 45.8 Å². The van der Waals surface area contributed by atoms with Gasteiger partial charge in [0.2, 0.25) is 0 Å². The molecule has 5 heteroatoms. The SMILES string of the molecule is CCOC(CC)(CC)c1nc(CNCCOC)cs1. The number of rotatable bonds is 10. The van der Waals surface area contributed by atoms with Gasteiger partial charge in [0.1, 0.15) is 10.6 Å². The zero-order valence-corrected chi connectivity index (χ0v) is 13.3. The topological polar surface area (TPSA) is 43.4 Å². The van der Waals surface area contributed by atoms with Gasteiger partial charge in [-0.05, 0) is 19.8 Å². The molecule has 0 amide bonds. The highest BCUT2D eigenvalue weighted by molar-refractivity contribution is 7.09. The zero-order chi connectivity index (χ0) is 14.1. The quantitative estimate of drug-likeness (QED) is 0.672. The molecule has 0 bridgehead atoms. The Balaban J connectivity index is 2.65. The first-order valence-corrected chi connectivity index (χ1v) is 7.88. The fourth-order valence-corrected chi connectivity index (χ4v) is 3.20. The molecular formula is C14H26N2O2S. The summed E-state index contributed by atoms with van der Waals surface area (Å²) < 4.78 is 11.0. The predicted octanol–water partition coefficient (Wildman–Crippen LogP) is 2.93. The summed E-state index contributed by atoms with van der Waals surface area (Å²) in [7, 11) is 1.71. The van der Waals surface area contributed by atoms with E-state index in [1.54, 1.807) is 18.4 Å². The summed E-state index contributed by atoms with van der Waals surface area (Å²) in [6.07, 6.45) is 1.92. The summed E-state index contributed by atoms with van der Waals surface area (Å²) in [4.78, 5) is 4.73. The Morgan fingerprint density at radius 1 is 1.32 bits per heavy atom. The maximum Gasteiger partial charge on any atom is 0.125 e.